The van der Waals surface area contributed by atoms with Crippen LogP contribution in [0.15, 0.2) is 133 Å². The zero-order valence-corrected chi connectivity index (χ0v) is 33.1. The number of anilines is 2. The van der Waals surface area contributed by atoms with Crippen LogP contribution in [0.5, 0.6) is 0 Å². The van der Waals surface area contributed by atoms with Crippen molar-refractivity contribution in [1.29, 1.82) is 0 Å². The Bertz CT molecular complexity index is 2580. The molecule has 300 valence electrons. The average Bonchev–Trinajstić information content (AvgIpc) is 4.15. The Labute approximate surface area is 353 Å². The first kappa shape index (κ1) is 39.1. The van der Waals surface area contributed by atoms with Crippen LogP contribution in [0.1, 0.15) is 78.8 Å². The fraction of sp³-hybridized carbons (Fsp3) is 0.167. The first-order valence-corrected chi connectivity index (χ1v) is 20.0. The molecular weight excluding hydrogens is 809 g/mol. The highest BCUT2D eigenvalue weighted by atomic mass is 35.5. The summed E-state index contributed by atoms with van der Waals surface area (Å²) >= 11 is 12.0. The van der Waals surface area contributed by atoms with Crippen LogP contribution in [0.25, 0.3) is 0 Å². The fourth-order valence-corrected chi connectivity index (χ4v) is 9.64. The van der Waals surface area contributed by atoms with Gasteiger partial charge in [0.15, 0.2) is 0 Å². The van der Waals surface area contributed by atoms with Gasteiger partial charge >= 0.3 is 11.9 Å². The van der Waals surface area contributed by atoms with Crippen LogP contribution < -0.4 is 9.80 Å². The molecule has 2 aliphatic carbocycles. The number of hydrogen-bond acceptors (Lipinski definition) is 4. The number of amides is 2. The van der Waals surface area contributed by atoms with Gasteiger partial charge in [-0.1, -0.05) is 96.0 Å². The van der Waals surface area contributed by atoms with E-state index in [1.807, 2.05) is 48.5 Å². The van der Waals surface area contributed by atoms with Crippen LogP contribution >= 0.6 is 23.2 Å². The van der Waals surface area contributed by atoms with Gasteiger partial charge in [0.05, 0.1) is 45.1 Å². The third-order valence-corrected chi connectivity index (χ3v) is 12.9. The maximum Gasteiger partial charge on any atom is 0.337 e. The summed E-state index contributed by atoms with van der Waals surface area (Å²) in [5.74, 6) is -2.84. The number of benzene rings is 6. The maximum atomic E-state index is 13.6. The number of aromatic carboxylic acids is 2. The van der Waals surface area contributed by atoms with Crippen LogP contribution in [0.3, 0.4) is 0 Å². The van der Waals surface area contributed by atoms with E-state index in [0.717, 1.165) is 33.6 Å². The highest BCUT2D eigenvalue weighted by molar-refractivity contribution is 6.34. The number of hydrogen-bond donors (Lipinski definition) is 2. The van der Waals surface area contributed by atoms with Crippen molar-refractivity contribution in [3.63, 3.8) is 0 Å². The van der Waals surface area contributed by atoms with E-state index in [9.17, 15) is 38.2 Å². The van der Waals surface area contributed by atoms with Gasteiger partial charge in [0.1, 0.15) is 11.6 Å². The molecule has 4 atom stereocenters. The number of carbonyl (C=O) groups is 4. The first-order valence-electron chi connectivity index (χ1n) is 19.2. The second-order valence-electron chi connectivity index (χ2n) is 15.6. The molecule has 0 saturated heterocycles. The van der Waals surface area contributed by atoms with Gasteiger partial charge in [-0.25, -0.2) is 18.4 Å². The molecule has 2 amide bonds. The quantitative estimate of drug-likeness (QED) is 0.158. The minimum atomic E-state index is -1.11. The van der Waals surface area contributed by atoms with E-state index in [2.05, 4.69) is 0 Å². The van der Waals surface area contributed by atoms with Crippen LogP contribution in [0.4, 0.5) is 20.2 Å². The highest BCUT2D eigenvalue weighted by Crippen LogP contribution is 2.67. The third-order valence-electron chi connectivity index (χ3n) is 12.3. The maximum absolute atomic E-state index is 13.6. The van der Waals surface area contributed by atoms with Crippen molar-refractivity contribution < 1.29 is 38.2 Å². The van der Waals surface area contributed by atoms with E-state index in [-0.39, 0.29) is 69.5 Å². The number of carboxylic acid groups (broad SMARTS) is 2. The van der Waals surface area contributed by atoms with Crippen molar-refractivity contribution >= 4 is 58.3 Å². The number of halogens is 4. The molecule has 2 saturated carbocycles. The van der Waals surface area contributed by atoms with Crippen LogP contribution in [-0.4, -0.2) is 34.0 Å². The van der Waals surface area contributed by atoms with E-state index in [1.165, 1.54) is 36.4 Å². The van der Waals surface area contributed by atoms with Gasteiger partial charge in [-0.15, -0.1) is 0 Å². The van der Waals surface area contributed by atoms with Crippen molar-refractivity contribution in [2.24, 2.45) is 0 Å². The summed E-state index contributed by atoms with van der Waals surface area (Å²) < 4.78 is 26.7. The number of carbonyl (C=O) groups excluding carboxylic acids is 2. The third kappa shape index (κ3) is 6.42. The normalized spacial score (nSPS) is 21.7. The number of fused-ring (bicyclic) bond motifs is 4. The van der Waals surface area contributed by atoms with Gasteiger partial charge in [-0.3, -0.25) is 9.59 Å². The molecule has 2 fully saturated rings. The van der Waals surface area contributed by atoms with Gasteiger partial charge < -0.3 is 20.0 Å². The molecular formula is C48H34Cl2F2N2O6. The van der Waals surface area contributed by atoms with Crippen molar-refractivity contribution in [3.05, 3.63) is 200 Å². The molecule has 2 heterocycles. The average molecular weight is 844 g/mol. The Balaban J connectivity index is 0.000000154. The molecule has 60 heavy (non-hydrogen) atoms. The minimum Gasteiger partial charge on any atom is -0.478 e. The van der Waals surface area contributed by atoms with Crippen molar-refractivity contribution in [2.45, 2.75) is 48.6 Å². The Morgan fingerprint density at radius 3 is 1.30 bits per heavy atom. The summed E-state index contributed by atoms with van der Waals surface area (Å²) in [4.78, 5) is 53.5. The lowest BCUT2D eigenvalue weighted by Crippen LogP contribution is -2.32. The summed E-state index contributed by atoms with van der Waals surface area (Å²) in [5, 5.41) is 19.0. The summed E-state index contributed by atoms with van der Waals surface area (Å²) in [7, 11) is 0. The Morgan fingerprint density at radius 1 is 0.567 bits per heavy atom. The van der Waals surface area contributed by atoms with E-state index in [1.54, 1.807) is 58.3 Å². The Morgan fingerprint density at radius 2 is 0.933 bits per heavy atom. The zero-order valence-electron chi connectivity index (χ0n) is 31.6. The van der Waals surface area contributed by atoms with Gasteiger partial charge in [0.25, 0.3) is 0 Å². The number of nitrogens with zero attached hydrogens (tertiary/aromatic N) is 2. The molecule has 2 aliphatic heterocycles. The highest BCUT2D eigenvalue weighted by Gasteiger charge is 2.68. The lowest BCUT2D eigenvalue weighted by atomic mass is 9.92. The number of rotatable bonds is 8. The molecule has 0 radical (unpaired) electrons. The molecule has 12 heteroatoms. The SMILES string of the molecule is O=C(O)c1cc(CN2C(=O)[C@@]3(C[C@@H]3c3ccc(F)cc3)c3ccccc32)ccc1Cl.O=C(O)c1cc(CN2C(=O)[C@]3(C[C@H]3c3ccc(F)cc3)c3ccccc32)ccc1Cl. The van der Waals surface area contributed by atoms with Crippen LogP contribution in [-0.2, 0) is 33.5 Å². The monoisotopic (exact) mass is 842 g/mol. The Kier molecular flexibility index (Phi) is 9.60. The standard InChI is InChI=1S/2C24H17ClFNO3/c2*25-20-10-5-14(11-17(20)22(28)29)13-27-21-4-2-1-3-18(21)24(23(27)30)12-19(24)15-6-8-16(26)9-7-15/h2*1-11,19H,12-13H2,(H,28,29)/t2*19-,24+/m10/s1. The lowest BCUT2D eigenvalue weighted by Gasteiger charge is -2.19. The summed E-state index contributed by atoms with van der Waals surface area (Å²) in [6, 6.07) is 37.6. The second kappa shape index (κ2) is 14.7. The second-order valence-corrected chi connectivity index (χ2v) is 16.4. The van der Waals surface area contributed by atoms with Crippen LogP contribution in [0, 0.1) is 11.6 Å². The molecule has 2 spiro atoms. The van der Waals surface area contributed by atoms with Crippen molar-refractivity contribution in [1.82, 2.24) is 0 Å². The van der Waals surface area contributed by atoms with Crippen LogP contribution in [0.2, 0.25) is 10.0 Å². The molecule has 6 aromatic rings. The first-order chi connectivity index (χ1) is 28.8. The van der Waals surface area contributed by atoms with E-state index in [4.69, 9.17) is 23.2 Å². The molecule has 6 aromatic carbocycles. The predicted octanol–water partition coefficient (Wildman–Crippen LogP) is 10.3. The van der Waals surface area contributed by atoms with Crippen molar-refractivity contribution in [2.75, 3.05) is 9.80 Å². The number of carboxylic acids is 2. The Hall–Kier alpha value is -6.36. The van der Waals surface area contributed by atoms with Gasteiger partial charge in [0, 0.05) is 23.2 Å². The van der Waals surface area contributed by atoms with E-state index < -0.39 is 22.8 Å². The molecule has 2 N–H and O–H groups in total. The molecule has 10 rings (SSSR count). The molecule has 0 unspecified atom stereocenters. The van der Waals surface area contributed by atoms with Crippen molar-refractivity contribution in [3.8, 4) is 0 Å². The zero-order chi connectivity index (χ0) is 42.1. The van der Waals surface area contributed by atoms with Gasteiger partial charge in [0.2, 0.25) is 11.8 Å². The summed E-state index contributed by atoms with van der Waals surface area (Å²) in [5.41, 5.74) is 5.62. The topological polar surface area (TPSA) is 115 Å². The summed E-state index contributed by atoms with van der Waals surface area (Å²) in [6.07, 6.45) is 1.35. The number of para-hydroxylation sites is 2. The molecule has 0 aromatic heterocycles. The van der Waals surface area contributed by atoms with E-state index >= 15 is 0 Å². The smallest absolute Gasteiger partial charge is 0.337 e. The van der Waals surface area contributed by atoms with Gasteiger partial charge in [-0.05, 0) is 107 Å². The predicted molar refractivity (Wildman–Crippen MR) is 223 cm³/mol. The lowest BCUT2D eigenvalue weighted by molar-refractivity contribution is -0.121. The summed E-state index contributed by atoms with van der Waals surface area (Å²) in [6.45, 7) is 0.510. The largest absolute Gasteiger partial charge is 0.478 e. The molecule has 4 aliphatic rings. The van der Waals surface area contributed by atoms with Gasteiger partial charge in [-0.2, -0.15) is 0 Å². The fourth-order valence-electron chi connectivity index (χ4n) is 9.24. The minimum absolute atomic E-state index is 0.00320. The molecule has 8 nitrogen and oxygen atoms in total. The van der Waals surface area contributed by atoms with E-state index in [0.29, 0.717) is 24.0 Å². The molecule has 0 bridgehead atoms.